The number of para-hydroxylation sites is 2. The third kappa shape index (κ3) is 6.12. The van der Waals surface area contributed by atoms with Crippen molar-refractivity contribution in [2.24, 2.45) is 0 Å². The molecule has 0 fully saturated rings. The highest BCUT2D eigenvalue weighted by Gasteiger charge is 2.23. The maximum absolute atomic E-state index is 6.72. The van der Waals surface area contributed by atoms with E-state index in [4.69, 9.17) is 19.4 Å². The van der Waals surface area contributed by atoms with Crippen LogP contribution < -0.4 is 4.90 Å². The Kier molecular flexibility index (Phi) is 8.28. The van der Waals surface area contributed by atoms with Gasteiger partial charge in [-0.25, -0.2) is 15.0 Å². The Hall–Kier alpha value is -7.93. The maximum atomic E-state index is 6.72. The van der Waals surface area contributed by atoms with Crippen LogP contribution in [0.3, 0.4) is 0 Å². The maximum Gasteiger partial charge on any atom is 0.164 e. The molecule has 12 aromatic rings. The van der Waals surface area contributed by atoms with Crippen LogP contribution in [0, 0.1) is 0 Å². The van der Waals surface area contributed by atoms with E-state index < -0.39 is 0 Å². The second-order valence-corrected chi connectivity index (χ2v) is 16.3. The summed E-state index contributed by atoms with van der Waals surface area (Å²) in [6.07, 6.45) is 0. The fourth-order valence-corrected chi connectivity index (χ4v) is 9.77. The topological polar surface area (TPSA) is 55.1 Å². The molecule has 6 heteroatoms. The zero-order valence-corrected chi connectivity index (χ0v) is 33.6. The summed E-state index contributed by atoms with van der Waals surface area (Å²) in [6.45, 7) is 0. The number of aromatic nitrogens is 3. The average Bonchev–Trinajstić information content (AvgIpc) is 3.91. The monoisotopic (exact) mass is 798 g/mol. The number of anilines is 3. The smallest absolute Gasteiger partial charge is 0.164 e. The van der Waals surface area contributed by atoms with Crippen LogP contribution in [-0.2, 0) is 0 Å². The van der Waals surface area contributed by atoms with Crippen molar-refractivity contribution in [3.63, 3.8) is 0 Å². The summed E-state index contributed by atoms with van der Waals surface area (Å²) in [5, 5.41) is 6.74. The molecule has 0 aliphatic carbocycles. The summed E-state index contributed by atoms with van der Waals surface area (Å²) in [4.78, 5) is 18.2. The van der Waals surface area contributed by atoms with Crippen molar-refractivity contribution in [1.29, 1.82) is 0 Å². The standard InChI is InChI=1S/C55H34N4OS/c1-3-15-37(16-4-1)53-56-54(45-22-13-25-50-52(45)44-21-10-12-24-49(44)61-50)58-55(57-53)46-33-42(34-48-51(46)43-20-9-11-23-47(43)60-48)59(40-18-5-2-6-19-40)41-30-28-36(29-31-41)39-27-26-35-14-7-8-17-38(35)32-39/h1-34H. The van der Waals surface area contributed by atoms with Crippen LogP contribution in [0.4, 0.5) is 17.1 Å². The molecule has 61 heavy (non-hydrogen) atoms. The van der Waals surface area contributed by atoms with Gasteiger partial charge in [-0.3, -0.25) is 0 Å². The normalized spacial score (nSPS) is 11.6. The third-order valence-corrected chi connectivity index (χ3v) is 12.6. The molecule has 286 valence electrons. The van der Waals surface area contributed by atoms with Crippen LogP contribution >= 0.6 is 11.3 Å². The molecule has 0 amide bonds. The van der Waals surface area contributed by atoms with Crippen molar-refractivity contribution < 1.29 is 4.42 Å². The van der Waals surface area contributed by atoms with Gasteiger partial charge >= 0.3 is 0 Å². The van der Waals surface area contributed by atoms with Gasteiger partial charge in [-0.2, -0.15) is 0 Å². The lowest BCUT2D eigenvalue weighted by molar-refractivity contribution is 0.669. The minimum Gasteiger partial charge on any atom is -0.456 e. The van der Waals surface area contributed by atoms with Crippen molar-refractivity contribution in [2.45, 2.75) is 0 Å². The number of thiophene rings is 1. The van der Waals surface area contributed by atoms with Crippen LogP contribution in [0.5, 0.6) is 0 Å². The van der Waals surface area contributed by atoms with Gasteiger partial charge in [0, 0.05) is 65.1 Å². The number of benzene rings is 9. The molecule has 0 N–H and O–H groups in total. The van der Waals surface area contributed by atoms with Crippen LogP contribution in [-0.4, -0.2) is 15.0 Å². The zero-order valence-electron chi connectivity index (χ0n) is 32.7. The van der Waals surface area contributed by atoms with Crippen molar-refractivity contribution in [3.05, 3.63) is 206 Å². The number of fused-ring (bicyclic) bond motifs is 7. The molecule has 0 saturated heterocycles. The van der Waals surface area contributed by atoms with E-state index in [0.717, 1.165) is 66.6 Å². The number of furan rings is 1. The first kappa shape index (κ1) is 35.1. The molecule has 0 aliphatic rings. The summed E-state index contributed by atoms with van der Waals surface area (Å²) >= 11 is 1.79. The van der Waals surface area contributed by atoms with Gasteiger partial charge in [-0.1, -0.05) is 146 Å². The minimum atomic E-state index is 0.568. The lowest BCUT2D eigenvalue weighted by Gasteiger charge is -2.26. The SMILES string of the molecule is c1ccc(-c2nc(-c3cc(N(c4ccccc4)c4ccc(-c5ccc6ccccc6c5)cc4)cc4oc5ccccc5c34)nc(-c3cccc4sc5ccccc5c34)n2)cc1. The lowest BCUT2D eigenvalue weighted by atomic mass is 10.0. The van der Waals surface area contributed by atoms with Gasteiger partial charge < -0.3 is 9.32 Å². The van der Waals surface area contributed by atoms with Crippen molar-refractivity contribution in [1.82, 2.24) is 15.0 Å². The van der Waals surface area contributed by atoms with E-state index >= 15 is 0 Å². The molecule has 0 bridgehead atoms. The Morgan fingerprint density at radius 2 is 1.00 bits per heavy atom. The Balaban J connectivity index is 1.09. The molecule has 0 atom stereocenters. The van der Waals surface area contributed by atoms with Gasteiger partial charge in [0.1, 0.15) is 11.2 Å². The van der Waals surface area contributed by atoms with Gasteiger partial charge in [0.25, 0.3) is 0 Å². The van der Waals surface area contributed by atoms with Gasteiger partial charge in [0.05, 0.1) is 5.69 Å². The number of hydrogen-bond acceptors (Lipinski definition) is 6. The minimum absolute atomic E-state index is 0.568. The quantitative estimate of drug-likeness (QED) is 0.161. The molecule has 5 nitrogen and oxygen atoms in total. The van der Waals surface area contributed by atoms with Gasteiger partial charge in [0.2, 0.25) is 0 Å². The molecular formula is C55H34N4OS. The zero-order chi connectivity index (χ0) is 40.3. The highest BCUT2D eigenvalue weighted by atomic mass is 32.1. The second kappa shape index (κ2) is 14.4. The predicted octanol–water partition coefficient (Wildman–Crippen LogP) is 15.4. The van der Waals surface area contributed by atoms with Crippen molar-refractivity contribution >= 4 is 81.3 Å². The predicted molar refractivity (Wildman–Crippen MR) is 254 cm³/mol. The molecule has 3 heterocycles. The number of rotatable bonds is 7. The molecule has 12 rings (SSSR count). The summed E-state index contributed by atoms with van der Waals surface area (Å²) in [5.74, 6) is 1.79. The van der Waals surface area contributed by atoms with E-state index in [9.17, 15) is 0 Å². The summed E-state index contributed by atoms with van der Waals surface area (Å²) in [6, 6.07) is 72.1. The van der Waals surface area contributed by atoms with Gasteiger partial charge in [-0.15, -0.1) is 11.3 Å². The molecular weight excluding hydrogens is 765 g/mol. The van der Waals surface area contributed by atoms with Gasteiger partial charge in [0.15, 0.2) is 17.5 Å². The van der Waals surface area contributed by atoms with Crippen LogP contribution in [0.15, 0.2) is 211 Å². The highest BCUT2D eigenvalue weighted by molar-refractivity contribution is 7.25. The third-order valence-electron chi connectivity index (χ3n) is 11.5. The van der Waals surface area contributed by atoms with Crippen LogP contribution in [0.25, 0.3) is 98.2 Å². The van der Waals surface area contributed by atoms with E-state index in [0.29, 0.717) is 17.5 Å². The van der Waals surface area contributed by atoms with Crippen LogP contribution in [0.1, 0.15) is 0 Å². The van der Waals surface area contributed by atoms with Crippen molar-refractivity contribution in [3.8, 4) is 45.3 Å². The Morgan fingerprint density at radius 1 is 0.361 bits per heavy atom. The fourth-order valence-electron chi connectivity index (χ4n) is 8.64. The first-order chi connectivity index (χ1) is 30.2. The van der Waals surface area contributed by atoms with Gasteiger partial charge in [-0.05, 0) is 76.5 Å². The van der Waals surface area contributed by atoms with E-state index in [1.807, 2.05) is 36.4 Å². The first-order valence-electron chi connectivity index (χ1n) is 20.3. The summed E-state index contributed by atoms with van der Waals surface area (Å²) in [7, 11) is 0. The molecule has 0 saturated carbocycles. The number of nitrogens with zero attached hydrogens (tertiary/aromatic N) is 4. The van der Waals surface area contributed by atoms with Crippen LogP contribution in [0.2, 0.25) is 0 Å². The lowest BCUT2D eigenvalue weighted by Crippen LogP contribution is -2.10. The Labute approximate surface area is 355 Å². The fraction of sp³-hybridized carbons (Fsp3) is 0. The Morgan fingerprint density at radius 3 is 1.84 bits per heavy atom. The summed E-state index contributed by atoms with van der Waals surface area (Å²) in [5.41, 5.74) is 9.55. The van der Waals surface area contributed by atoms with E-state index in [2.05, 4.69) is 175 Å². The highest BCUT2D eigenvalue weighted by Crippen LogP contribution is 2.45. The second-order valence-electron chi connectivity index (χ2n) is 15.2. The average molecular weight is 799 g/mol. The molecule has 3 aromatic heterocycles. The molecule has 0 unspecified atom stereocenters. The van der Waals surface area contributed by atoms with Crippen molar-refractivity contribution in [2.75, 3.05) is 4.90 Å². The molecule has 0 radical (unpaired) electrons. The molecule has 9 aromatic carbocycles. The largest absolute Gasteiger partial charge is 0.456 e. The molecule has 0 aliphatic heterocycles. The van der Waals surface area contributed by atoms with E-state index in [-0.39, 0.29) is 0 Å². The summed E-state index contributed by atoms with van der Waals surface area (Å²) < 4.78 is 9.14. The van der Waals surface area contributed by atoms with E-state index in [1.54, 1.807) is 11.3 Å². The first-order valence-corrected chi connectivity index (χ1v) is 21.2. The Bertz CT molecular complexity index is 3600. The molecule has 0 spiro atoms. The van der Waals surface area contributed by atoms with E-state index in [1.165, 1.54) is 31.1 Å². The number of hydrogen-bond donors (Lipinski definition) is 0.